The first kappa shape index (κ1) is 21.2. The number of rotatable bonds is 9. The maximum Gasteiger partial charge on any atom is 0.419 e. The maximum absolute atomic E-state index is 12.3. The molecule has 1 aromatic heterocycles. The van der Waals surface area contributed by atoms with E-state index in [2.05, 4.69) is 5.32 Å². The highest BCUT2D eigenvalue weighted by atomic mass is 16.5. The number of methoxy groups -OCH3 is 1. The monoisotopic (exact) mass is 412 g/mol. The number of nitrogens with zero attached hydrogens (tertiary/aromatic N) is 1. The second-order valence-electron chi connectivity index (χ2n) is 6.79. The summed E-state index contributed by atoms with van der Waals surface area (Å²) in [6.07, 6.45) is 0.461. The summed E-state index contributed by atoms with van der Waals surface area (Å²) in [5.74, 6) is -0.429. The number of oxazole rings is 1. The molecule has 0 bridgehead atoms. The summed E-state index contributed by atoms with van der Waals surface area (Å²) in [6, 6.07) is 13.8. The first-order valence-electron chi connectivity index (χ1n) is 9.63. The van der Waals surface area contributed by atoms with E-state index in [1.165, 1.54) is 11.5 Å². The first-order valence-corrected chi connectivity index (χ1v) is 9.63. The largest absolute Gasteiger partial charge is 0.497 e. The Kier molecular flexibility index (Phi) is 6.90. The number of aromatic nitrogens is 1. The van der Waals surface area contributed by atoms with Crippen molar-refractivity contribution in [3.63, 3.8) is 0 Å². The van der Waals surface area contributed by atoms with Crippen molar-refractivity contribution in [1.82, 2.24) is 9.88 Å². The van der Waals surface area contributed by atoms with Gasteiger partial charge in [-0.25, -0.2) is 4.79 Å². The van der Waals surface area contributed by atoms with Crippen molar-refractivity contribution in [1.29, 1.82) is 0 Å². The van der Waals surface area contributed by atoms with Crippen LogP contribution in [0.2, 0.25) is 0 Å². The van der Waals surface area contributed by atoms with Gasteiger partial charge in [-0.2, -0.15) is 0 Å². The summed E-state index contributed by atoms with van der Waals surface area (Å²) in [5, 5.41) is 2.77. The molecular formula is C22H24N2O6. The lowest BCUT2D eigenvalue weighted by Crippen LogP contribution is -2.28. The van der Waals surface area contributed by atoms with Crippen LogP contribution in [-0.4, -0.2) is 30.2 Å². The van der Waals surface area contributed by atoms with Gasteiger partial charge in [0.15, 0.2) is 5.58 Å². The zero-order valence-corrected chi connectivity index (χ0v) is 16.9. The highest BCUT2D eigenvalue weighted by molar-refractivity contribution is 5.76. The normalized spacial score (nSPS) is 11.8. The van der Waals surface area contributed by atoms with Crippen LogP contribution >= 0.6 is 0 Å². The lowest BCUT2D eigenvalue weighted by molar-refractivity contribution is -0.144. The van der Waals surface area contributed by atoms with Crippen LogP contribution in [0.15, 0.2) is 57.7 Å². The average molecular weight is 412 g/mol. The van der Waals surface area contributed by atoms with Crippen LogP contribution in [0, 0.1) is 0 Å². The number of para-hydroxylation sites is 2. The van der Waals surface area contributed by atoms with Gasteiger partial charge in [-0.3, -0.25) is 14.2 Å². The molecule has 0 aliphatic carbocycles. The van der Waals surface area contributed by atoms with Crippen LogP contribution in [-0.2, 0) is 20.9 Å². The van der Waals surface area contributed by atoms with E-state index in [9.17, 15) is 14.4 Å². The molecule has 0 aliphatic rings. The predicted molar refractivity (Wildman–Crippen MR) is 110 cm³/mol. The SMILES string of the molecule is COc1ccc(C(CC(=O)OCCCn2c(=O)oc3ccccc32)NC(C)=O)cc1. The van der Waals surface area contributed by atoms with Gasteiger partial charge in [0.2, 0.25) is 5.91 Å². The van der Waals surface area contributed by atoms with Gasteiger partial charge in [-0.05, 0) is 36.2 Å². The molecular weight excluding hydrogens is 388 g/mol. The quantitative estimate of drug-likeness (QED) is 0.429. The van der Waals surface area contributed by atoms with E-state index in [0.717, 1.165) is 5.56 Å². The van der Waals surface area contributed by atoms with Crippen molar-refractivity contribution in [2.45, 2.75) is 32.4 Å². The minimum atomic E-state index is -0.499. The molecule has 1 heterocycles. The number of nitrogens with one attached hydrogen (secondary N) is 1. The van der Waals surface area contributed by atoms with Gasteiger partial charge in [-0.1, -0.05) is 24.3 Å². The highest BCUT2D eigenvalue weighted by Gasteiger charge is 2.18. The first-order chi connectivity index (χ1) is 14.5. The third-order valence-corrected chi connectivity index (χ3v) is 4.63. The minimum absolute atomic E-state index is 0.000494. The molecule has 0 fully saturated rings. The summed E-state index contributed by atoms with van der Waals surface area (Å²) in [5.41, 5.74) is 2.01. The standard InChI is InChI=1S/C22H24N2O6/c1-15(25)23-18(16-8-10-17(28-2)11-9-16)14-21(26)29-13-5-12-24-19-6-3-4-7-20(19)30-22(24)27/h3-4,6-11,18H,5,12-14H2,1-2H3,(H,23,25). The molecule has 0 aliphatic heterocycles. The van der Waals surface area contributed by atoms with Crippen molar-refractivity contribution in [3.05, 3.63) is 64.6 Å². The number of fused-ring (bicyclic) bond motifs is 1. The Morgan fingerprint density at radius 3 is 2.57 bits per heavy atom. The molecule has 8 heteroatoms. The summed E-state index contributed by atoms with van der Waals surface area (Å²) < 4.78 is 17.1. The van der Waals surface area contributed by atoms with Crippen molar-refractivity contribution in [2.75, 3.05) is 13.7 Å². The fourth-order valence-corrected chi connectivity index (χ4v) is 3.19. The Morgan fingerprint density at radius 1 is 1.13 bits per heavy atom. The van der Waals surface area contributed by atoms with Crippen LogP contribution in [0.25, 0.3) is 11.1 Å². The second kappa shape index (κ2) is 9.78. The molecule has 0 saturated heterocycles. The third-order valence-electron chi connectivity index (χ3n) is 4.63. The van der Waals surface area contributed by atoms with E-state index >= 15 is 0 Å². The molecule has 30 heavy (non-hydrogen) atoms. The van der Waals surface area contributed by atoms with E-state index in [1.54, 1.807) is 49.6 Å². The lowest BCUT2D eigenvalue weighted by atomic mass is 10.0. The van der Waals surface area contributed by atoms with Crippen LogP contribution in [0.3, 0.4) is 0 Å². The van der Waals surface area contributed by atoms with Crippen molar-refractivity contribution in [2.24, 2.45) is 0 Å². The molecule has 1 amide bonds. The van der Waals surface area contributed by atoms with Gasteiger partial charge in [0.05, 0.1) is 31.7 Å². The fourth-order valence-electron chi connectivity index (χ4n) is 3.19. The summed E-state index contributed by atoms with van der Waals surface area (Å²) in [4.78, 5) is 35.8. The van der Waals surface area contributed by atoms with E-state index < -0.39 is 17.8 Å². The molecule has 8 nitrogen and oxygen atoms in total. The lowest BCUT2D eigenvalue weighted by Gasteiger charge is -2.18. The second-order valence-corrected chi connectivity index (χ2v) is 6.79. The van der Waals surface area contributed by atoms with Crippen LogP contribution < -0.4 is 15.8 Å². The number of ether oxygens (including phenoxy) is 2. The summed E-state index contributed by atoms with van der Waals surface area (Å²) in [7, 11) is 1.57. The molecule has 0 spiro atoms. The number of hydrogen-bond acceptors (Lipinski definition) is 6. The van der Waals surface area contributed by atoms with E-state index in [0.29, 0.717) is 29.8 Å². The van der Waals surface area contributed by atoms with Crippen LogP contribution in [0.4, 0.5) is 0 Å². The number of amides is 1. The topological polar surface area (TPSA) is 99.8 Å². The van der Waals surface area contributed by atoms with Crippen molar-refractivity contribution in [3.8, 4) is 5.75 Å². The van der Waals surface area contributed by atoms with E-state index in [1.807, 2.05) is 6.07 Å². The number of benzene rings is 2. The third kappa shape index (κ3) is 5.28. The Morgan fingerprint density at radius 2 is 1.87 bits per heavy atom. The minimum Gasteiger partial charge on any atom is -0.497 e. The van der Waals surface area contributed by atoms with Gasteiger partial charge in [0.25, 0.3) is 0 Å². The average Bonchev–Trinajstić information content (AvgIpc) is 3.05. The Bertz CT molecular complexity index is 1070. The summed E-state index contributed by atoms with van der Waals surface area (Å²) in [6.45, 7) is 1.92. The van der Waals surface area contributed by atoms with Crippen LogP contribution in [0.1, 0.15) is 31.4 Å². The molecule has 158 valence electrons. The highest BCUT2D eigenvalue weighted by Crippen LogP contribution is 2.21. The van der Waals surface area contributed by atoms with Gasteiger partial charge >= 0.3 is 11.7 Å². The van der Waals surface area contributed by atoms with Gasteiger partial charge < -0.3 is 19.2 Å². The zero-order chi connectivity index (χ0) is 21.5. The van der Waals surface area contributed by atoms with Crippen molar-refractivity contribution < 1.29 is 23.5 Å². The van der Waals surface area contributed by atoms with Gasteiger partial charge in [0, 0.05) is 13.5 Å². The number of esters is 1. The molecule has 0 saturated carbocycles. The Labute approximate surface area is 173 Å². The van der Waals surface area contributed by atoms with Crippen LogP contribution in [0.5, 0.6) is 5.75 Å². The molecule has 3 aromatic rings. The van der Waals surface area contributed by atoms with E-state index in [4.69, 9.17) is 13.9 Å². The fraction of sp³-hybridized carbons (Fsp3) is 0.318. The maximum atomic E-state index is 12.3. The number of carbonyl (C=O) groups is 2. The van der Waals surface area contributed by atoms with Gasteiger partial charge in [-0.15, -0.1) is 0 Å². The molecule has 1 atom stereocenters. The molecule has 1 N–H and O–H groups in total. The molecule has 2 aromatic carbocycles. The predicted octanol–water partition coefficient (Wildman–Crippen LogP) is 2.80. The number of aryl methyl sites for hydroxylation is 1. The number of hydrogen-bond donors (Lipinski definition) is 1. The molecule has 0 radical (unpaired) electrons. The van der Waals surface area contributed by atoms with E-state index in [-0.39, 0.29) is 18.9 Å². The molecule has 3 rings (SSSR count). The van der Waals surface area contributed by atoms with Gasteiger partial charge in [0.1, 0.15) is 5.75 Å². The van der Waals surface area contributed by atoms with Crippen molar-refractivity contribution >= 4 is 23.0 Å². The number of carbonyl (C=O) groups excluding carboxylic acids is 2. The molecule has 1 unspecified atom stereocenters. The zero-order valence-electron chi connectivity index (χ0n) is 16.9. The Balaban J connectivity index is 1.54. The summed E-state index contributed by atoms with van der Waals surface area (Å²) >= 11 is 0. The smallest absolute Gasteiger partial charge is 0.419 e. The Hall–Kier alpha value is -3.55.